The fraction of sp³-hybridized carbons (Fsp3) is 0.500. The van der Waals surface area contributed by atoms with Crippen LogP contribution in [0, 0.1) is 25.2 Å². The molecule has 3 heterocycles. The fourth-order valence-corrected chi connectivity index (χ4v) is 3.24. The zero-order chi connectivity index (χ0) is 18.5. The Morgan fingerprint density at radius 1 is 1.42 bits per heavy atom. The molecule has 8 heteroatoms. The molecule has 8 nitrogen and oxygen atoms in total. The van der Waals surface area contributed by atoms with E-state index in [1.165, 1.54) is 12.4 Å². The summed E-state index contributed by atoms with van der Waals surface area (Å²) in [7, 11) is 0. The second-order valence-electron chi connectivity index (χ2n) is 6.46. The van der Waals surface area contributed by atoms with E-state index < -0.39 is 0 Å². The van der Waals surface area contributed by atoms with Gasteiger partial charge in [-0.3, -0.25) is 9.89 Å². The van der Waals surface area contributed by atoms with Gasteiger partial charge in [-0.1, -0.05) is 0 Å². The third-order valence-corrected chi connectivity index (χ3v) is 4.65. The van der Waals surface area contributed by atoms with Crippen LogP contribution in [0.4, 0.5) is 0 Å². The number of hydrogen-bond donors (Lipinski definition) is 1. The molecule has 2 aromatic heterocycles. The Bertz CT molecular complexity index is 806. The number of aromatic amines is 1. The average molecular weight is 354 g/mol. The minimum Gasteiger partial charge on any atom is -0.470 e. The summed E-state index contributed by atoms with van der Waals surface area (Å²) in [6.07, 6.45) is 5.60. The first kappa shape index (κ1) is 17.9. The number of aromatic nitrogens is 4. The molecule has 0 radical (unpaired) electrons. The Morgan fingerprint density at radius 2 is 2.23 bits per heavy atom. The third kappa shape index (κ3) is 3.99. The van der Waals surface area contributed by atoms with Crippen molar-refractivity contribution in [2.75, 3.05) is 13.1 Å². The summed E-state index contributed by atoms with van der Waals surface area (Å²) in [5.41, 5.74) is 3.24. The summed E-state index contributed by atoms with van der Waals surface area (Å²) < 4.78 is 5.84. The molecule has 1 N–H and O–H groups in total. The first-order valence-electron chi connectivity index (χ1n) is 8.74. The number of carbonyl (C=O) groups excluding carboxylic acids is 1. The summed E-state index contributed by atoms with van der Waals surface area (Å²) >= 11 is 0. The second kappa shape index (κ2) is 7.95. The number of piperidine rings is 1. The Morgan fingerprint density at radius 3 is 2.96 bits per heavy atom. The molecule has 1 amide bonds. The van der Waals surface area contributed by atoms with Crippen molar-refractivity contribution in [3.05, 3.63) is 35.0 Å². The molecule has 1 aliphatic heterocycles. The molecule has 1 atom stereocenters. The molecule has 0 bridgehead atoms. The van der Waals surface area contributed by atoms with Crippen LogP contribution in [0.15, 0.2) is 12.4 Å². The third-order valence-electron chi connectivity index (χ3n) is 4.65. The Labute approximate surface area is 152 Å². The summed E-state index contributed by atoms with van der Waals surface area (Å²) in [6, 6.07) is 1.98. The molecule has 2 aromatic rings. The van der Waals surface area contributed by atoms with Gasteiger partial charge in [-0.2, -0.15) is 10.4 Å². The van der Waals surface area contributed by atoms with Gasteiger partial charge in [-0.05, 0) is 38.7 Å². The van der Waals surface area contributed by atoms with E-state index in [1.807, 2.05) is 24.8 Å². The average Bonchev–Trinajstić information content (AvgIpc) is 2.98. The van der Waals surface area contributed by atoms with Crippen molar-refractivity contribution in [3.63, 3.8) is 0 Å². The van der Waals surface area contributed by atoms with Crippen LogP contribution in [-0.4, -0.2) is 50.2 Å². The van der Waals surface area contributed by atoms with Crippen LogP contribution in [-0.2, 0) is 11.2 Å². The topological polar surface area (TPSA) is 108 Å². The van der Waals surface area contributed by atoms with Crippen LogP contribution >= 0.6 is 0 Å². The van der Waals surface area contributed by atoms with Gasteiger partial charge in [0.05, 0.1) is 12.2 Å². The van der Waals surface area contributed by atoms with Crippen LogP contribution in [0.2, 0.25) is 0 Å². The van der Waals surface area contributed by atoms with Gasteiger partial charge >= 0.3 is 0 Å². The molecule has 1 saturated heterocycles. The highest BCUT2D eigenvalue weighted by Crippen LogP contribution is 2.20. The van der Waals surface area contributed by atoms with E-state index in [9.17, 15) is 4.79 Å². The highest BCUT2D eigenvalue weighted by atomic mass is 16.5. The molecule has 0 aromatic carbocycles. The quantitative estimate of drug-likeness (QED) is 0.875. The van der Waals surface area contributed by atoms with Crippen molar-refractivity contribution in [1.29, 1.82) is 5.26 Å². The lowest BCUT2D eigenvalue weighted by Crippen LogP contribution is -2.44. The standard InChI is InChI=1S/C18H22N6O2/c1-12-15(13(2)23-22-12)5-6-17(25)24-9-3-4-14(11-24)26-18-16(10-19)20-7-8-21-18/h7-8,14H,3-6,9,11H2,1-2H3,(H,22,23)/t14-/m1/s1. The van der Waals surface area contributed by atoms with E-state index in [0.29, 0.717) is 19.4 Å². The Hall–Kier alpha value is -2.95. The number of hydrogen-bond acceptors (Lipinski definition) is 6. The van der Waals surface area contributed by atoms with Gasteiger partial charge < -0.3 is 9.64 Å². The molecule has 3 rings (SSSR count). The van der Waals surface area contributed by atoms with Gasteiger partial charge in [0, 0.05) is 31.1 Å². The number of H-pyrrole nitrogens is 1. The lowest BCUT2D eigenvalue weighted by atomic mass is 10.0. The lowest BCUT2D eigenvalue weighted by molar-refractivity contribution is -0.133. The maximum atomic E-state index is 12.6. The van der Waals surface area contributed by atoms with Crippen molar-refractivity contribution < 1.29 is 9.53 Å². The van der Waals surface area contributed by atoms with E-state index in [2.05, 4.69) is 20.2 Å². The van der Waals surface area contributed by atoms with Gasteiger partial charge in [0.1, 0.15) is 12.2 Å². The number of rotatable bonds is 5. The normalized spacial score (nSPS) is 17.0. The predicted octanol–water partition coefficient (Wildman–Crippen LogP) is 1.69. The number of aryl methyl sites for hydroxylation is 2. The SMILES string of the molecule is Cc1n[nH]c(C)c1CCC(=O)N1CCC[C@@H](Oc2nccnc2C#N)C1. The van der Waals surface area contributed by atoms with E-state index in [-0.39, 0.29) is 23.6 Å². The van der Waals surface area contributed by atoms with Gasteiger partial charge in [-0.15, -0.1) is 0 Å². The number of carbonyl (C=O) groups is 1. The summed E-state index contributed by atoms with van der Waals surface area (Å²) in [6.45, 7) is 5.15. The molecule has 0 spiro atoms. The first-order chi connectivity index (χ1) is 12.6. The number of likely N-dealkylation sites (tertiary alicyclic amines) is 1. The minimum atomic E-state index is -0.172. The second-order valence-corrected chi connectivity index (χ2v) is 6.46. The molecule has 0 aliphatic carbocycles. The van der Waals surface area contributed by atoms with E-state index in [0.717, 1.165) is 36.3 Å². The predicted molar refractivity (Wildman–Crippen MR) is 93.4 cm³/mol. The smallest absolute Gasteiger partial charge is 0.251 e. The number of ether oxygens (including phenoxy) is 1. The fourth-order valence-electron chi connectivity index (χ4n) is 3.24. The van der Waals surface area contributed by atoms with Crippen LogP contribution in [0.25, 0.3) is 0 Å². The monoisotopic (exact) mass is 354 g/mol. The van der Waals surface area contributed by atoms with Crippen molar-refractivity contribution in [2.24, 2.45) is 0 Å². The van der Waals surface area contributed by atoms with E-state index >= 15 is 0 Å². The van der Waals surface area contributed by atoms with Crippen LogP contribution in [0.3, 0.4) is 0 Å². The first-order valence-corrected chi connectivity index (χ1v) is 8.74. The van der Waals surface area contributed by atoms with Gasteiger partial charge in [0.25, 0.3) is 5.88 Å². The molecule has 1 fully saturated rings. The zero-order valence-electron chi connectivity index (χ0n) is 15.0. The number of nitrogens with zero attached hydrogens (tertiary/aromatic N) is 5. The molecule has 26 heavy (non-hydrogen) atoms. The molecule has 0 saturated carbocycles. The largest absolute Gasteiger partial charge is 0.470 e. The number of nitriles is 1. The molecule has 0 unspecified atom stereocenters. The van der Waals surface area contributed by atoms with Gasteiger partial charge in [-0.25, -0.2) is 9.97 Å². The molecular weight excluding hydrogens is 332 g/mol. The maximum Gasteiger partial charge on any atom is 0.251 e. The van der Waals surface area contributed by atoms with Crippen LogP contribution < -0.4 is 4.74 Å². The summed E-state index contributed by atoms with van der Waals surface area (Å²) in [5, 5.41) is 16.2. The van der Waals surface area contributed by atoms with Crippen molar-refractivity contribution >= 4 is 5.91 Å². The van der Waals surface area contributed by atoms with Crippen LogP contribution in [0.1, 0.15) is 41.9 Å². The molecular formula is C18H22N6O2. The van der Waals surface area contributed by atoms with Crippen molar-refractivity contribution in [2.45, 2.75) is 45.6 Å². The van der Waals surface area contributed by atoms with Crippen molar-refractivity contribution in [3.8, 4) is 11.9 Å². The summed E-state index contributed by atoms with van der Waals surface area (Å²) in [4.78, 5) is 22.5. The maximum absolute atomic E-state index is 12.6. The van der Waals surface area contributed by atoms with Crippen molar-refractivity contribution in [1.82, 2.24) is 25.1 Å². The highest BCUT2D eigenvalue weighted by Gasteiger charge is 2.26. The van der Waals surface area contributed by atoms with Gasteiger partial charge in [0.2, 0.25) is 11.6 Å². The van der Waals surface area contributed by atoms with E-state index in [4.69, 9.17) is 10.00 Å². The Balaban J connectivity index is 1.58. The molecule has 1 aliphatic rings. The number of nitrogens with one attached hydrogen (secondary N) is 1. The van der Waals surface area contributed by atoms with E-state index in [1.54, 1.807) is 0 Å². The number of amides is 1. The lowest BCUT2D eigenvalue weighted by Gasteiger charge is -2.32. The molecule has 136 valence electrons. The zero-order valence-corrected chi connectivity index (χ0v) is 15.0. The summed E-state index contributed by atoms with van der Waals surface area (Å²) in [5.74, 6) is 0.344. The highest BCUT2D eigenvalue weighted by molar-refractivity contribution is 5.76. The van der Waals surface area contributed by atoms with Crippen LogP contribution in [0.5, 0.6) is 5.88 Å². The minimum absolute atomic E-state index is 0.109. The Kier molecular flexibility index (Phi) is 5.46. The van der Waals surface area contributed by atoms with Gasteiger partial charge in [0.15, 0.2) is 0 Å².